The van der Waals surface area contributed by atoms with Crippen molar-refractivity contribution < 1.29 is 14.2 Å². The van der Waals surface area contributed by atoms with Gasteiger partial charge in [-0.2, -0.15) is 0 Å². The van der Waals surface area contributed by atoms with E-state index in [0.29, 0.717) is 43.1 Å². The van der Waals surface area contributed by atoms with Crippen molar-refractivity contribution in [2.45, 2.75) is 43.7 Å². The smallest absolute Gasteiger partial charge is 0.179 e. The number of rotatable bonds is 4. The number of ether oxygens (including phenoxy) is 1. The minimum absolute atomic E-state index is 0.228. The molecule has 3 aromatic heterocycles. The molecule has 2 aliphatic heterocycles. The highest BCUT2D eigenvalue weighted by Crippen LogP contribution is 2.38. The third kappa shape index (κ3) is 3.95. The highest BCUT2D eigenvalue weighted by Gasteiger charge is 2.37. The van der Waals surface area contributed by atoms with Crippen LogP contribution in [0.15, 0.2) is 30.7 Å². The summed E-state index contributed by atoms with van der Waals surface area (Å²) in [5.41, 5.74) is 0.802. The summed E-state index contributed by atoms with van der Waals surface area (Å²) in [5.74, 6) is 1.02. The van der Waals surface area contributed by atoms with Gasteiger partial charge in [-0.3, -0.25) is 0 Å². The fourth-order valence-corrected chi connectivity index (χ4v) is 4.50. The van der Waals surface area contributed by atoms with E-state index in [-0.39, 0.29) is 5.54 Å². The van der Waals surface area contributed by atoms with E-state index in [1.54, 1.807) is 6.33 Å². The highest BCUT2D eigenvalue weighted by molar-refractivity contribution is 5.72. The number of halogens is 1. The second-order valence-electron chi connectivity index (χ2n) is 8.81. The van der Waals surface area contributed by atoms with Gasteiger partial charge in [0.05, 0.1) is 23.6 Å². The Hall–Kier alpha value is -2.78. The van der Waals surface area contributed by atoms with Gasteiger partial charge in [0.25, 0.3) is 0 Å². The molecule has 3 N–H and O–H groups in total. The van der Waals surface area contributed by atoms with Crippen LogP contribution in [-0.2, 0) is 10.3 Å². The Bertz CT molecular complexity index is 1070. The number of aromatic nitrogens is 4. The van der Waals surface area contributed by atoms with Gasteiger partial charge >= 0.3 is 0 Å². The molecule has 164 valence electrons. The lowest BCUT2D eigenvalue weighted by molar-refractivity contribution is -0.0678. The first kappa shape index (κ1) is 20.1. The van der Waals surface area contributed by atoms with Crippen LogP contribution in [0.5, 0.6) is 0 Å². The third-order valence-electron chi connectivity index (χ3n) is 6.55. The maximum Gasteiger partial charge on any atom is 0.179 e. The van der Waals surface area contributed by atoms with E-state index < -0.39 is 11.4 Å². The van der Waals surface area contributed by atoms with Gasteiger partial charge in [0, 0.05) is 50.2 Å². The van der Waals surface area contributed by atoms with E-state index in [0.717, 1.165) is 37.3 Å². The van der Waals surface area contributed by atoms with Crippen molar-refractivity contribution in [3.63, 3.8) is 0 Å². The summed E-state index contributed by atoms with van der Waals surface area (Å²) in [6.07, 6.45) is 5.42. The zero-order valence-corrected chi connectivity index (χ0v) is 17.6. The van der Waals surface area contributed by atoms with Gasteiger partial charge in [-0.25, -0.2) is 19.3 Å². The lowest BCUT2D eigenvalue weighted by atomic mass is 9.85. The predicted octanol–water partition coefficient (Wildman–Crippen LogP) is 2.96. The molecule has 2 saturated heterocycles. The van der Waals surface area contributed by atoms with Crippen molar-refractivity contribution in [3.8, 4) is 0 Å². The van der Waals surface area contributed by atoms with Crippen molar-refractivity contribution in [1.29, 1.82) is 0 Å². The van der Waals surface area contributed by atoms with Crippen LogP contribution in [0.3, 0.4) is 0 Å². The van der Waals surface area contributed by atoms with Crippen molar-refractivity contribution >= 4 is 22.8 Å². The summed E-state index contributed by atoms with van der Waals surface area (Å²) in [5, 5.41) is 14.7. The fourth-order valence-electron chi connectivity index (χ4n) is 4.50. The number of fused-ring (bicyclic) bond motifs is 1. The molecule has 0 spiro atoms. The minimum atomic E-state index is -1.13. The van der Waals surface area contributed by atoms with Gasteiger partial charge in [-0.05, 0) is 38.0 Å². The number of anilines is 2. The molecule has 2 aliphatic rings. The molecule has 2 fully saturated rings. The van der Waals surface area contributed by atoms with Crippen molar-refractivity contribution in [2.75, 3.05) is 36.5 Å². The van der Waals surface area contributed by atoms with Crippen LogP contribution >= 0.6 is 0 Å². The number of imidazole rings is 1. The SMILES string of the molecule is CC1(Nc2ncc(F)cc2C2(O)CCOCC2)CCN(c2ccc3[nH]cnc3n2)CC1. The molecule has 0 saturated carbocycles. The number of pyridine rings is 2. The summed E-state index contributed by atoms with van der Waals surface area (Å²) in [4.78, 5) is 18.5. The van der Waals surface area contributed by atoms with E-state index in [9.17, 15) is 9.50 Å². The molecule has 0 amide bonds. The Morgan fingerprint density at radius 2 is 1.94 bits per heavy atom. The number of hydrogen-bond acceptors (Lipinski definition) is 7. The normalized spacial score (nSPS) is 20.7. The van der Waals surface area contributed by atoms with Gasteiger partial charge in [-0.1, -0.05) is 0 Å². The summed E-state index contributed by atoms with van der Waals surface area (Å²) in [6.45, 7) is 4.69. The van der Waals surface area contributed by atoms with Gasteiger partial charge < -0.3 is 25.0 Å². The highest BCUT2D eigenvalue weighted by atomic mass is 19.1. The molecule has 0 aliphatic carbocycles. The Labute approximate surface area is 179 Å². The summed E-state index contributed by atoms with van der Waals surface area (Å²) >= 11 is 0. The lowest BCUT2D eigenvalue weighted by Crippen LogP contribution is -2.48. The van der Waals surface area contributed by atoms with E-state index in [4.69, 9.17) is 4.74 Å². The third-order valence-corrected chi connectivity index (χ3v) is 6.55. The van der Waals surface area contributed by atoms with E-state index in [1.807, 2.05) is 12.1 Å². The monoisotopic (exact) mass is 426 g/mol. The number of nitrogens with zero attached hydrogens (tertiary/aromatic N) is 4. The largest absolute Gasteiger partial charge is 0.385 e. The fraction of sp³-hybridized carbons (Fsp3) is 0.500. The zero-order chi connectivity index (χ0) is 21.5. The molecule has 0 radical (unpaired) electrons. The van der Waals surface area contributed by atoms with Gasteiger partial charge in [0.1, 0.15) is 17.5 Å². The summed E-state index contributed by atoms with van der Waals surface area (Å²) < 4.78 is 19.4. The maximum absolute atomic E-state index is 14.0. The van der Waals surface area contributed by atoms with Gasteiger partial charge in [0.15, 0.2) is 5.65 Å². The molecule has 0 unspecified atom stereocenters. The Morgan fingerprint density at radius 3 is 2.71 bits per heavy atom. The van der Waals surface area contributed by atoms with E-state index in [2.05, 4.69) is 37.1 Å². The van der Waals surface area contributed by atoms with Crippen LogP contribution in [0.4, 0.5) is 16.0 Å². The molecule has 3 aromatic rings. The Kier molecular flexibility index (Phi) is 5.02. The molecular weight excluding hydrogens is 399 g/mol. The summed E-state index contributed by atoms with van der Waals surface area (Å²) in [7, 11) is 0. The number of aliphatic hydroxyl groups is 1. The first-order chi connectivity index (χ1) is 14.9. The van der Waals surface area contributed by atoms with E-state index in [1.165, 1.54) is 12.3 Å². The average molecular weight is 426 g/mol. The molecule has 0 atom stereocenters. The predicted molar refractivity (Wildman–Crippen MR) is 116 cm³/mol. The topological polar surface area (TPSA) is 99.2 Å². The van der Waals surface area contributed by atoms with Crippen LogP contribution in [0.25, 0.3) is 11.2 Å². The molecule has 5 rings (SSSR count). The van der Waals surface area contributed by atoms with Crippen molar-refractivity contribution in [3.05, 3.63) is 42.1 Å². The van der Waals surface area contributed by atoms with Crippen LogP contribution in [0.2, 0.25) is 0 Å². The number of H-pyrrole nitrogens is 1. The standard InChI is InChI=1S/C22H27FN6O2/c1-21(4-8-29(9-5-21)18-3-2-17-20(27-18)26-14-25-17)28-19-16(12-15(23)13-24-19)22(30)6-10-31-11-7-22/h2-3,12-14,30H,4-11H2,1H3,(H,24,28)(H,25,26,27). The van der Waals surface area contributed by atoms with Crippen LogP contribution < -0.4 is 10.2 Å². The Balaban J connectivity index is 1.33. The molecule has 8 nitrogen and oxygen atoms in total. The number of aromatic amines is 1. The maximum atomic E-state index is 14.0. The first-order valence-electron chi connectivity index (χ1n) is 10.7. The molecular formula is C22H27FN6O2. The van der Waals surface area contributed by atoms with Crippen molar-refractivity contribution in [2.24, 2.45) is 0 Å². The zero-order valence-electron chi connectivity index (χ0n) is 17.6. The quantitative estimate of drug-likeness (QED) is 0.590. The summed E-state index contributed by atoms with van der Waals surface area (Å²) in [6, 6.07) is 5.42. The van der Waals surface area contributed by atoms with Gasteiger partial charge in [-0.15, -0.1) is 0 Å². The van der Waals surface area contributed by atoms with Crippen LogP contribution in [-0.4, -0.2) is 56.9 Å². The van der Waals surface area contributed by atoms with Gasteiger partial charge in [0.2, 0.25) is 0 Å². The molecule has 0 aromatic carbocycles. The molecule has 9 heteroatoms. The van der Waals surface area contributed by atoms with Crippen LogP contribution in [0.1, 0.15) is 38.2 Å². The minimum Gasteiger partial charge on any atom is -0.385 e. The van der Waals surface area contributed by atoms with Crippen LogP contribution in [0, 0.1) is 5.82 Å². The molecule has 5 heterocycles. The second-order valence-corrected chi connectivity index (χ2v) is 8.81. The lowest BCUT2D eigenvalue weighted by Gasteiger charge is -2.42. The first-order valence-corrected chi connectivity index (χ1v) is 10.7. The number of nitrogens with one attached hydrogen (secondary N) is 2. The number of hydrogen-bond donors (Lipinski definition) is 3. The Morgan fingerprint density at radius 1 is 1.16 bits per heavy atom. The van der Waals surface area contributed by atoms with E-state index >= 15 is 0 Å². The number of piperidine rings is 1. The average Bonchev–Trinajstić information content (AvgIpc) is 3.24. The molecule has 0 bridgehead atoms. The molecule has 31 heavy (non-hydrogen) atoms. The second kappa shape index (κ2) is 7.72. The van der Waals surface area contributed by atoms with Crippen molar-refractivity contribution in [1.82, 2.24) is 19.9 Å².